The van der Waals surface area contributed by atoms with Crippen molar-refractivity contribution in [2.24, 2.45) is 0 Å². The van der Waals surface area contributed by atoms with E-state index in [-0.39, 0.29) is 0 Å². The Balaban J connectivity index is 2.36. The molecule has 0 spiro atoms. The van der Waals surface area contributed by atoms with Crippen molar-refractivity contribution < 1.29 is 14.3 Å². The smallest absolute Gasteiger partial charge is 0.434 e. The molecular weight excluding hydrogens is 192 g/mol. The summed E-state index contributed by atoms with van der Waals surface area (Å²) in [5, 5.41) is 0. The molecule has 0 saturated carbocycles. The van der Waals surface area contributed by atoms with Gasteiger partial charge in [-0.05, 0) is 11.6 Å². The zero-order chi connectivity index (χ0) is 10.7. The van der Waals surface area contributed by atoms with Gasteiger partial charge in [-0.2, -0.15) is 0 Å². The third kappa shape index (κ3) is 1.73. The van der Waals surface area contributed by atoms with Gasteiger partial charge in [-0.15, -0.1) is 0 Å². The lowest BCUT2D eigenvalue weighted by atomic mass is 9.90. The second-order valence-corrected chi connectivity index (χ2v) is 3.41. The van der Waals surface area contributed by atoms with E-state index in [1.165, 1.54) is 0 Å². The SMILES string of the molecule is C=CC1(c2ccccc2)CCOC(=O)O1. The molecule has 2 rings (SSSR count). The minimum atomic E-state index is -0.726. The molecule has 1 saturated heterocycles. The Morgan fingerprint density at radius 3 is 2.67 bits per heavy atom. The molecule has 1 atom stereocenters. The molecule has 0 aromatic heterocycles. The summed E-state index contributed by atoms with van der Waals surface area (Å²) in [4.78, 5) is 11.1. The van der Waals surface area contributed by atoms with E-state index in [0.29, 0.717) is 13.0 Å². The van der Waals surface area contributed by atoms with E-state index < -0.39 is 11.8 Å². The Labute approximate surface area is 88.3 Å². The average Bonchev–Trinajstić information content (AvgIpc) is 2.30. The lowest BCUT2D eigenvalue weighted by Gasteiger charge is -2.33. The normalized spacial score (nSPS) is 25.2. The first-order valence-electron chi connectivity index (χ1n) is 4.82. The molecule has 15 heavy (non-hydrogen) atoms. The minimum absolute atomic E-state index is 0.361. The second-order valence-electron chi connectivity index (χ2n) is 3.41. The first kappa shape index (κ1) is 9.77. The maximum absolute atomic E-state index is 11.1. The molecule has 1 heterocycles. The van der Waals surface area contributed by atoms with Crippen LogP contribution in [0.4, 0.5) is 4.79 Å². The average molecular weight is 204 g/mol. The van der Waals surface area contributed by atoms with E-state index in [0.717, 1.165) is 5.56 Å². The van der Waals surface area contributed by atoms with Crippen molar-refractivity contribution >= 4 is 6.16 Å². The highest BCUT2D eigenvalue weighted by atomic mass is 16.7. The van der Waals surface area contributed by atoms with Gasteiger partial charge in [0.2, 0.25) is 0 Å². The molecule has 1 unspecified atom stereocenters. The number of ether oxygens (including phenoxy) is 2. The van der Waals surface area contributed by atoms with Gasteiger partial charge in [0, 0.05) is 6.42 Å². The topological polar surface area (TPSA) is 35.5 Å². The molecule has 1 aliphatic heterocycles. The fourth-order valence-electron chi connectivity index (χ4n) is 1.70. The first-order chi connectivity index (χ1) is 7.27. The van der Waals surface area contributed by atoms with Crippen LogP contribution in [-0.4, -0.2) is 12.8 Å². The maximum atomic E-state index is 11.1. The van der Waals surface area contributed by atoms with Crippen LogP contribution in [0, 0.1) is 0 Å². The number of carbonyl (C=O) groups excluding carboxylic acids is 1. The molecular formula is C12H12O3. The summed E-state index contributed by atoms with van der Waals surface area (Å²) < 4.78 is 9.98. The molecule has 78 valence electrons. The van der Waals surface area contributed by atoms with Gasteiger partial charge in [-0.25, -0.2) is 4.79 Å². The molecule has 0 amide bonds. The highest BCUT2D eigenvalue weighted by Gasteiger charge is 2.37. The Hall–Kier alpha value is -1.77. The lowest BCUT2D eigenvalue weighted by molar-refractivity contribution is -0.0632. The van der Waals surface area contributed by atoms with Gasteiger partial charge >= 0.3 is 6.16 Å². The van der Waals surface area contributed by atoms with Gasteiger partial charge in [0.15, 0.2) is 5.60 Å². The standard InChI is InChI=1S/C12H12O3/c1-2-12(8-9-14-11(13)15-12)10-6-4-3-5-7-10/h2-7H,1,8-9H2. The van der Waals surface area contributed by atoms with Crippen LogP contribution >= 0.6 is 0 Å². The van der Waals surface area contributed by atoms with Crippen LogP contribution in [0.2, 0.25) is 0 Å². The fourth-order valence-corrected chi connectivity index (χ4v) is 1.70. The van der Waals surface area contributed by atoms with Crippen molar-refractivity contribution in [1.82, 2.24) is 0 Å². The van der Waals surface area contributed by atoms with E-state index >= 15 is 0 Å². The van der Waals surface area contributed by atoms with Crippen LogP contribution in [0.5, 0.6) is 0 Å². The predicted octanol–water partition coefficient (Wildman–Crippen LogP) is 2.62. The van der Waals surface area contributed by atoms with Crippen LogP contribution in [0.3, 0.4) is 0 Å². The fraction of sp³-hybridized carbons (Fsp3) is 0.250. The van der Waals surface area contributed by atoms with Crippen LogP contribution in [0.1, 0.15) is 12.0 Å². The summed E-state index contributed by atoms with van der Waals surface area (Å²) in [7, 11) is 0. The third-order valence-corrected chi connectivity index (χ3v) is 2.55. The van der Waals surface area contributed by atoms with Crippen LogP contribution in [-0.2, 0) is 15.1 Å². The summed E-state index contributed by atoms with van der Waals surface area (Å²) in [6.07, 6.45) is 1.62. The number of benzene rings is 1. The van der Waals surface area contributed by atoms with Gasteiger partial charge in [-0.3, -0.25) is 0 Å². The highest BCUT2D eigenvalue weighted by molar-refractivity contribution is 5.62. The van der Waals surface area contributed by atoms with Crippen molar-refractivity contribution in [3.05, 3.63) is 48.6 Å². The molecule has 0 radical (unpaired) electrons. The monoisotopic (exact) mass is 204 g/mol. The van der Waals surface area contributed by atoms with Gasteiger partial charge in [0.1, 0.15) is 0 Å². The van der Waals surface area contributed by atoms with E-state index in [9.17, 15) is 4.79 Å². The van der Waals surface area contributed by atoms with E-state index in [1.54, 1.807) is 6.08 Å². The maximum Gasteiger partial charge on any atom is 0.509 e. The van der Waals surface area contributed by atoms with Crippen molar-refractivity contribution in [2.45, 2.75) is 12.0 Å². The second kappa shape index (κ2) is 3.77. The molecule has 3 heteroatoms. The quantitative estimate of drug-likeness (QED) is 0.548. The summed E-state index contributed by atoms with van der Waals surface area (Å²) in [6.45, 7) is 4.10. The zero-order valence-electron chi connectivity index (χ0n) is 8.31. The molecule has 0 N–H and O–H groups in total. The van der Waals surface area contributed by atoms with Gasteiger partial charge in [0.25, 0.3) is 0 Å². The van der Waals surface area contributed by atoms with Crippen LogP contribution < -0.4 is 0 Å². The number of carbonyl (C=O) groups is 1. The molecule has 3 nitrogen and oxygen atoms in total. The van der Waals surface area contributed by atoms with Gasteiger partial charge in [0.05, 0.1) is 6.61 Å². The highest BCUT2D eigenvalue weighted by Crippen LogP contribution is 2.33. The summed E-state index contributed by atoms with van der Waals surface area (Å²) in [6, 6.07) is 9.57. The first-order valence-corrected chi connectivity index (χ1v) is 4.82. The number of cyclic esters (lactones) is 2. The van der Waals surface area contributed by atoms with Crippen molar-refractivity contribution in [2.75, 3.05) is 6.61 Å². The van der Waals surface area contributed by atoms with Gasteiger partial charge < -0.3 is 9.47 Å². The largest absolute Gasteiger partial charge is 0.509 e. The van der Waals surface area contributed by atoms with E-state index in [4.69, 9.17) is 9.47 Å². The summed E-state index contributed by atoms with van der Waals surface area (Å²) in [5.74, 6) is 0. The Morgan fingerprint density at radius 2 is 2.07 bits per heavy atom. The summed E-state index contributed by atoms with van der Waals surface area (Å²) in [5.41, 5.74) is 0.202. The number of rotatable bonds is 2. The molecule has 0 bridgehead atoms. The van der Waals surface area contributed by atoms with E-state index in [2.05, 4.69) is 6.58 Å². The van der Waals surface area contributed by atoms with Crippen molar-refractivity contribution in [3.8, 4) is 0 Å². The van der Waals surface area contributed by atoms with Crippen molar-refractivity contribution in [1.29, 1.82) is 0 Å². The van der Waals surface area contributed by atoms with Gasteiger partial charge in [-0.1, -0.05) is 36.9 Å². The molecule has 1 fully saturated rings. The van der Waals surface area contributed by atoms with E-state index in [1.807, 2.05) is 30.3 Å². The molecule has 1 aromatic rings. The molecule has 1 aromatic carbocycles. The van der Waals surface area contributed by atoms with Crippen molar-refractivity contribution in [3.63, 3.8) is 0 Å². The van der Waals surface area contributed by atoms with Crippen LogP contribution in [0.25, 0.3) is 0 Å². The Morgan fingerprint density at radius 1 is 1.33 bits per heavy atom. The molecule has 1 aliphatic rings. The number of hydrogen-bond acceptors (Lipinski definition) is 3. The lowest BCUT2D eigenvalue weighted by Crippen LogP contribution is -2.36. The zero-order valence-corrected chi connectivity index (χ0v) is 8.31. The minimum Gasteiger partial charge on any atom is -0.434 e. The Kier molecular flexibility index (Phi) is 2.46. The van der Waals surface area contributed by atoms with Crippen LogP contribution in [0.15, 0.2) is 43.0 Å². The number of hydrogen-bond donors (Lipinski definition) is 0. The predicted molar refractivity (Wildman–Crippen MR) is 55.4 cm³/mol. The molecule has 0 aliphatic carbocycles. The summed E-state index contributed by atoms with van der Waals surface area (Å²) >= 11 is 0. The Bertz CT molecular complexity index is 372. The third-order valence-electron chi connectivity index (χ3n) is 2.55.